The van der Waals surface area contributed by atoms with Crippen LogP contribution in [0.5, 0.6) is 0 Å². The van der Waals surface area contributed by atoms with Gasteiger partial charge >= 0.3 is 0 Å². The average molecular weight is 141 g/mol. The minimum atomic E-state index is 0.432. The Morgan fingerprint density at radius 2 is 2.10 bits per heavy atom. The van der Waals surface area contributed by atoms with Gasteiger partial charge in [0.1, 0.15) is 0 Å². The van der Waals surface area contributed by atoms with Crippen molar-refractivity contribution in [1.29, 1.82) is 0 Å². The molecule has 2 aliphatic rings. The summed E-state index contributed by atoms with van der Waals surface area (Å²) in [6.45, 7) is 0.891. The Balaban J connectivity index is 2.03. The molecule has 3 atom stereocenters. The Kier molecular flexibility index (Phi) is 1.66. The number of hydrogen-bond acceptors (Lipinski definition) is 2. The van der Waals surface area contributed by atoms with Crippen LogP contribution in [0.15, 0.2) is 0 Å². The highest BCUT2D eigenvalue weighted by atomic mass is 16.5. The lowest BCUT2D eigenvalue weighted by Gasteiger charge is -2.31. The number of nitrogens with two attached hydrogens (primary N) is 1. The van der Waals surface area contributed by atoms with E-state index in [4.69, 9.17) is 10.5 Å². The molecule has 1 heterocycles. The molecule has 10 heavy (non-hydrogen) atoms. The van der Waals surface area contributed by atoms with Crippen molar-refractivity contribution in [2.24, 2.45) is 11.7 Å². The van der Waals surface area contributed by atoms with Gasteiger partial charge < -0.3 is 10.5 Å². The number of fused-ring (bicyclic) bond motifs is 1. The van der Waals surface area contributed by atoms with E-state index in [-0.39, 0.29) is 0 Å². The zero-order valence-electron chi connectivity index (χ0n) is 6.25. The maximum absolute atomic E-state index is 5.94. The van der Waals surface area contributed by atoms with Crippen molar-refractivity contribution in [2.75, 3.05) is 6.61 Å². The van der Waals surface area contributed by atoms with Crippen LogP contribution in [0.2, 0.25) is 0 Å². The number of rotatable bonds is 0. The molecule has 3 unspecified atom stereocenters. The molecule has 0 radical (unpaired) electrons. The first-order valence-electron chi connectivity index (χ1n) is 4.25. The van der Waals surface area contributed by atoms with Crippen LogP contribution in [-0.4, -0.2) is 18.8 Å². The maximum Gasteiger partial charge on any atom is 0.0618 e. The molecule has 2 N–H and O–H groups in total. The van der Waals surface area contributed by atoms with E-state index in [1.807, 2.05) is 0 Å². The molecule has 2 nitrogen and oxygen atoms in total. The summed E-state index contributed by atoms with van der Waals surface area (Å²) in [4.78, 5) is 0. The van der Waals surface area contributed by atoms with Crippen molar-refractivity contribution in [3.63, 3.8) is 0 Å². The molecule has 58 valence electrons. The van der Waals surface area contributed by atoms with Crippen molar-refractivity contribution >= 4 is 0 Å². The molecule has 0 amide bonds. The molecule has 0 bridgehead atoms. The van der Waals surface area contributed by atoms with Crippen LogP contribution in [0, 0.1) is 5.92 Å². The second-order valence-corrected chi connectivity index (χ2v) is 3.46. The summed E-state index contributed by atoms with van der Waals surface area (Å²) in [5.41, 5.74) is 5.94. The van der Waals surface area contributed by atoms with Gasteiger partial charge in [0.2, 0.25) is 0 Å². The van der Waals surface area contributed by atoms with Crippen LogP contribution in [0.4, 0.5) is 0 Å². The molecule has 0 aromatic rings. The highest BCUT2D eigenvalue weighted by molar-refractivity contribution is 4.88. The molecule has 0 aromatic heterocycles. The summed E-state index contributed by atoms with van der Waals surface area (Å²) in [5, 5.41) is 0. The Morgan fingerprint density at radius 1 is 1.20 bits per heavy atom. The highest BCUT2D eigenvalue weighted by Gasteiger charge is 2.35. The van der Waals surface area contributed by atoms with Crippen LogP contribution in [0.1, 0.15) is 25.7 Å². The molecule has 1 aliphatic heterocycles. The Labute approximate surface area is 61.7 Å². The van der Waals surface area contributed by atoms with E-state index in [1.54, 1.807) is 0 Å². The quantitative estimate of drug-likeness (QED) is 0.544. The SMILES string of the molecule is NC1CCOC2CCCC12. The van der Waals surface area contributed by atoms with Gasteiger partial charge in [-0.3, -0.25) is 0 Å². The molecule has 2 heteroatoms. The van der Waals surface area contributed by atoms with Crippen molar-refractivity contribution in [1.82, 2.24) is 0 Å². The van der Waals surface area contributed by atoms with Crippen LogP contribution < -0.4 is 5.73 Å². The lowest BCUT2D eigenvalue weighted by molar-refractivity contribution is -0.0192. The highest BCUT2D eigenvalue weighted by Crippen LogP contribution is 2.34. The van der Waals surface area contributed by atoms with Gasteiger partial charge in [-0.15, -0.1) is 0 Å². The van der Waals surface area contributed by atoms with Gasteiger partial charge in [-0.05, 0) is 19.3 Å². The van der Waals surface area contributed by atoms with E-state index in [9.17, 15) is 0 Å². The van der Waals surface area contributed by atoms with E-state index < -0.39 is 0 Å². The standard InChI is InChI=1S/C8H15NO/c9-7-4-5-10-8-3-1-2-6(7)8/h6-8H,1-5,9H2. The van der Waals surface area contributed by atoms with Gasteiger partial charge in [-0.1, -0.05) is 6.42 Å². The van der Waals surface area contributed by atoms with Gasteiger partial charge in [0.15, 0.2) is 0 Å². The molecule has 0 aromatic carbocycles. The minimum Gasteiger partial charge on any atom is -0.378 e. The summed E-state index contributed by atoms with van der Waals surface area (Å²) < 4.78 is 5.59. The largest absolute Gasteiger partial charge is 0.378 e. The van der Waals surface area contributed by atoms with Gasteiger partial charge in [-0.25, -0.2) is 0 Å². The van der Waals surface area contributed by atoms with Crippen molar-refractivity contribution < 1.29 is 4.74 Å². The Bertz CT molecular complexity index is 126. The van der Waals surface area contributed by atoms with Crippen molar-refractivity contribution in [3.05, 3.63) is 0 Å². The molecule has 2 fully saturated rings. The van der Waals surface area contributed by atoms with Gasteiger partial charge in [0, 0.05) is 18.6 Å². The van der Waals surface area contributed by atoms with Crippen LogP contribution in [0.3, 0.4) is 0 Å². The lowest BCUT2D eigenvalue weighted by atomic mass is 9.92. The van der Waals surface area contributed by atoms with E-state index in [2.05, 4.69) is 0 Å². The molecule has 2 rings (SSSR count). The van der Waals surface area contributed by atoms with Crippen molar-refractivity contribution in [3.8, 4) is 0 Å². The maximum atomic E-state index is 5.94. The first-order chi connectivity index (χ1) is 4.88. The third kappa shape index (κ3) is 0.956. The monoisotopic (exact) mass is 141 g/mol. The van der Waals surface area contributed by atoms with Gasteiger partial charge in [0.25, 0.3) is 0 Å². The molecular formula is C8H15NO. The summed E-state index contributed by atoms with van der Waals surface area (Å²) in [5.74, 6) is 0.689. The summed E-state index contributed by atoms with van der Waals surface area (Å²) in [7, 11) is 0. The molecule has 0 spiro atoms. The average Bonchev–Trinajstić information content (AvgIpc) is 2.36. The second kappa shape index (κ2) is 2.51. The third-order valence-corrected chi connectivity index (χ3v) is 2.84. The number of hydrogen-bond donors (Lipinski definition) is 1. The minimum absolute atomic E-state index is 0.432. The topological polar surface area (TPSA) is 35.2 Å². The molecule has 1 saturated heterocycles. The zero-order valence-corrected chi connectivity index (χ0v) is 6.25. The van der Waals surface area contributed by atoms with Crippen LogP contribution in [-0.2, 0) is 4.74 Å². The van der Waals surface area contributed by atoms with E-state index in [0.29, 0.717) is 18.1 Å². The zero-order chi connectivity index (χ0) is 6.97. The van der Waals surface area contributed by atoms with Gasteiger partial charge in [-0.2, -0.15) is 0 Å². The molecular weight excluding hydrogens is 126 g/mol. The summed E-state index contributed by atoms with van der Waals surface area (Å²) in [6, 6.07) is 0.432. The normalized spacial score (nSPS) is 47.1. The second-order valence-electron chi connectivity index (χ2n) is 3.46. The van der Waals surface area contributed by atoms with Gasteiger partial charge in [0.05, 0.1) is 6.10 Å². The first kappa shape index (κ1) is 6.62. The predicted molar refractivity (Wildman–Crippen MR) is 39.7 cm³/mol. The molecule has 1 aliphatic carbocycles. The fourth-order valence-corrected chi connectivity index (χ4v) is 2.22. The van der Waals surface area contributed by atoms with E-state index >= 15 is 0 Å². The fourth-order valence-electron chi connectivity index (χ4n) is 2.22. The Morgan fingerprint density at radius 3 is 2.90 bits per heavy atom. The number of ether oxygens (including phenoxy) is 1. The van der Waals surface area contributed by atoms with E-state index in [0.717, 1.165) is 13.0 Å². The first-order valence-corrected chi connectivity index (χ1v) is 4.25. The van der Waals surface area contributed by atoms with Crippen LogP contribution >= 0.6 is 0 Å². The smallest absolute Gasteiger partial charge is 0.0618 e. The molecule has 1 saturated carbocycles. The van der Waals surface area contributed by atoms with Crippen molar-refractivity contribution in [2.45, 2.75) is 37.8 Å². The predicted octanol–water partition coefficient (Wildman–Crippen LogP) is 0.903. The lowest BCUT2D eigenvalue weighted by Crippen LogP contribution is -2.41. The van der Waals surface area contributed by atoms with Crippen LogP contribution in [0.25, 0.3) is 0 Å². The van der Waals surface area contributed by atoms with E-state index in [1.165, 1.54) is 19.3 Å². The summed E-state index contributed by atoms with van der Waals surface area (Å²) >= 11 is 0. The third-order valence-electron chi connectivity index (χ3n) is 2.84. The fraction of sp³-hybridized carbons (Fsp3) is 1.00. The Hall–Kier alpha value is -0.0800. The summed E-state index contributed by atoms with van der Waals surface area (Å²) in [6.07, 6.45) is 5.46.